The predicted molar refractivity (Wildman–Crippen MR) is 48.2 cm³/mol. The molecule has 1 N–H and O–H groups in total. The lowest BCUT2D eigenvalue weighted by atomic mass is 9.75. The van der Waals surface area contributed by atoms with E-state index in [0.717, 1.165) is 5.92 Å². The molecular formula is C10H21N. The minimum absolute atomic E-state index is 0.515. The first-order chi connectivity index (χ1) is 5.00. The molecule has 0 amide bonds. The van der Waals surface area contributed by atoms with Crippen molar-refractivity contribution in [3.8, 4) is 0 Å². The highest BCUT2D eigenvalue weighted by Gasteiger charge is 2.27. The van der Waals surface area contributed by atoms with Crippen molar-refractivity contribution in [3.63, 3.8) is 0 Å². The highest BCUT2D eigenvalue weighted by molar-refractivity contribution is 4.75. The van der Waals surface area contributed by atoms with E-state index in [4.69, 9.17) is 0 Å². The van der Waals surface area contributed by atoms with Gasteiger partial charge in [0.2, 0.25) is 0 Å². The zero-order valence-corrected chi connectivity index (χ0v) is 8.11. The normalized spacial score (nSPS) is 33.8. The molecular weight excluding hydrogens is 134 g/mol. The summed E-state index contributed by atoms with van der Waals surface area (Å²) in [5.41, 5.74) is 0.515. The lowest BCUT2D eigenvalue weighted by Crippen LogP contribution is -3.08. The Balaban J connectivity index is 2.39. The minimum Gasteiger partial charge on any atom is -0.468 e. The van der Waals surface area contributed by atoms with Gasteiger partial charge in [-0.2, -0.15) is 7.05 Å². The lowest BCUT2D eigenvalue weighted by molar-refractivity contribution is -0.861. The largest absolute Gasteiger partial charge is 0.468 e. The van der Waals surface area contributed by atoms with E-state index in [9.17, 15) is 0 Å². The SMILES string of the molecule is [CH2-][NH+]1CCC(C(C)(C)C)CC1. The number of hydrogen-bond acceptors (Lipinski definition) is 0. The quantitative estimate of drug-likeness (QED) is 0.500. The second kappa shape index (κ2) is 3.14. The maximum atomic E-state index is 4.03. The molecule has 1 heteroatoms. The fourth-order valence-corrected chi connectivity index (χ4v) is 1.89. The molecule has 0 bridgehead atoms. The van der Waals surface area contributed by atoms with Gasteiger partial charge in [-0.25, -0.2) is 0 Å². The van der Waals surface area contributed by atoms with E-state index in [2.05, 4.69) is 27.8 Å². The van der Waals surface area contributed by atoms with E-state index in [1.54, 1.807) is 0 Å². The van der Waals surface area contributed by atoms with Crippen molar-refractivity contribution >= 4 is 0 Å². The summed E-state index contributed by atoms with van der Waals surface area (Å²) < 4.78 is 0. The highest BCUT2D eigenvalue weighted by Crippen LogP contribution is 2.31. The van der Waals surface area contributed by atoms with Crippen LogP contribution in [-0.2, 0) is 0 Å². The van der Waals surface area contributed by atoms with E-state index >= 15 is 0 Å². The van der Waals surface area contributed by atoms with Crippen molar-refractivity contribution in [2.75, 3.05) is 13.1 Å². The Kier molecular flexibility index (Phi) is 2.58. The number of nitrogens with one attached hydrogen (secondary N) is 1. The Labute approximate surface area is 70.8 Å². The third kappa shape index (κ3) is 2.48. The monoisotopic (exact) mass is 155 g/mol. The molecule has 66 valence electrons. The van der Waals surface area contributed by atoms with Crippen molar-refractivity contribution in [3.05, 3.63) is 7.05 Å². The first kappa shape index (κ1) is 9.05. The van der Waals surface area contributed by atoms with E-state index < -0.39 is 0 Å². The van der Waals surface area contributed by atoms with Gasteiger partial charge in [0.25, 0.3) is 0 Å². The molecule has 0 saturated carbocycles. The summed E-state index contributed by atoms with van der Waals surface area (Å²) in [6.45, 7) is 9.59. The molecule has 0 aromatic carbocycles. The summed E-state index contributed by atoms with van der Waals surface area (Å²) in [4.78, 5) is 1.46. The molecule has 0 unspecified atom stereocenters. The highest BCUT2D eigenvalue weighted by atomic mass is 15.1. The van der Waals surface area contributed by atoms with E-state index in [1.165, 1.54) is 30.8 Å². The van der Waals surface area contributed by atoms with Gasteiger partial charge in [0, 0.05) is 0 Å². The minimum atomic E-state index is 0.515. The molecule has 1 nitrogen and oxygen atoms in total. The van der Waals surface area contributed by atoms with Gasteiger partial charge in [-0.1, -0.05) is 20.8 Å². The second-order valence-electron chi connectivity index (χ2n) is 4.89. The maximum absolute atomic E-state index is 4.03. The van der Waals surface area contributed by atoms with Gasteiger partial charge < -0.3 is 4.90 Å². The zero-order chi connectivity index (χ0) is 8.48. The van der Waals surface area contributed by atoms with Gasteiger partial charge in [0.05, 0.1) is 13.1 Å². The fraction of sp³-hybridized carbons (Fsp3) is 0.900. The van der Waals surface area contributed by atoms with Crippen LogP contribution in [0.4, 0.5) is 0 Å². The number of quaternary nitrogens is 1. The number of piperidine rings is 1. The van der Waals surface area contributed by atoms with Crippen molar-refractivity contribution in [2.24, 2.45) is 11.3 Å². The standard InChI is InChI=1S/C10H21N/c1-10(2,3)9-5-7-11(4)8-6-9/h9,11H,4-8H2,1-3H3. The Morgan fingerprint density at radius 3 is 2.00 bits per heavy atom. The van der Waals surface area contributed by atoms with Gasteiger partial charge in [-0.15, -0.1) is 0 Å². The fourth-order valence-electron chi connectivity index (χ4n) is 1.89. The Hall–Kier alpha value is -0.0400. The lowest BCUT2D eigenvalue weighted by Gasteiger charge is -2.38. The molecule has 1 rings (SSSR count). The number of likely N-dealkylation sites (tertiary alicyclic amines) is 1. The summed E-state index contributed by atoms with van der Waals surface area (Å²) in [6.07, 6.45) is 2.73. The van der Waals surface area contributed by atoms with Crippen molar-refractivity contribution in [2.45, 2.75) is 33.6 Å². The predicted octanol–water partition coefficient (Wildman–Crippen LogP) is 1.12. The molecule has 1 aliphatic heterocycles. The van der Waals surface area contributed by atoms with Crippen LogP contribution in [0.3, 0.4) is 0 Å². The van der Waals surface area contributed by atoms with Crippen LogP contribution >= 0.6 is 0 Å². The maximum Gasteiger partial charge on any atom is 0.0533 e. The van der Waals surface area contributed by atoms with Crippen molar-refractivity contribution < 1.29 is 4.90 Å². The molecule has 0 aromatic heterocycles. The van der Waals surface area contributed by atoms with Gasteiger partial charge in [-0.3, -0.25) is 0 Å². The topological polar surface area (TPSA) is 4.44 Å². The third-order valence-corrected chi connectivity index (χ3v) is 2.92. The first-order valence-corrected chi connectivity index (χ1v) is 4.67. The summed E-state index contributed by atoms with van der Waals surface area (Å²) in [7, 11) is 4.03. The molecule has 1 heterocycles. The molecule has 1 aliphatic rings. The molecule has 11 heavy (non-hydrogen) atoms. The van der Waals surface area contributed by atoms with Crippen LogP contribution in [0.5, 0.6) is 0 Å². The third-order valence-electron chi connectivity index (χ3n) is 2.92. The van der Waals surface area contributed by atoms with Crippen LogP contribution in [0.15, 0.2) is 0 Å². The molecule has 0 spiro atoms. The smallest absolute Gasteiger partial charge is 0.0533 e. The van der Waals surface area contributed by atoms with E-state index in [1.807, 2.05) is 0 Å². The van der Waals surface area contributed by atoms with Crippen LogP contribution in [0.1, 0.15) is 33.6 Å². The van der Waals surface area contributed by atoms with Crippen LogP contribution in [0.2, 0.25) is 0 Å². The second-order valence-corrected chi connectivity index (χ2v) is 4.89. The van der Waals surface area contributed by atoms with Crippen LogP contribution < -0.4 is 4.90 Å². The zero-order valence-electron chi connectivity index (χ0n) is 8.11. The summed E-state index contributed by atoms with van der Waals surface area (Å²) in [6, 6.07) is 0. The number of rotatable bonds is 0. The number of hydrogen-bond donors (Lipinski definition) is 1. The van der Waals surface area contributed by atoms with Gasteiger partial charge >= 0.3 is 0 Å². The molecule has 0 atom stereocenters. The molecule has 0 aromatic rings. The average molecular weight is 155 g/mol. The Morgan fingerprint density at radius 1 is 1.18 bits per heavy atom. The van der Waals surface area contributed by atoms with Gasteiger partial charge in [0.1, 0.15) is 0 Å². The summed E-state index contributed by atoms with van der Waals surface area (Å²) >= 11 is 0. The van der Waals surface area contributed by atoms with E-state index in [-0.39, 0.29) is 0 Å². The first-order valence-electron chi connectivity index (χ1n) is 4.67. The van der Waals surface area contributed by atoms with Gasteiger partial charge in [-0.05, 0) is 24.2 Å². The van der Waals surface area contributed by atoms with Crippen molar-refractivity contribution in [1.29, 1.82) is 0 Å². The van der Waals surface area contributed by atoms with E-state index in [0.29, 0.717) is 5.41 Å². The Morgan fingerprint density at radius 2 is 1.64 bits per heavy atom. The molecule has 0 aliphatic carbocycles. The molecule has 1 saturated heterocycles. The summed E-state index contributed by atoms with van der Waals surface area (Å²) in [5, 5.41) is 0. The average Bonchev–Trinajstić information content (AvgIpc) is 1.86. The van der Waals surface area contributed by atoms with Crippen LogP contribution in [0.25, 0.3) is 0 Å². The Bertz CT molecular complexity index is 115. The van der Waals surface area contributed by atoms with Crippen LogP contribution in [-0.4, -0.2) is 13.1 Å². The van der Waals surface area contributed by atoms with Crippen LogP contribution in [0, 0.1) is 18.4 Å². The van der Waals surface area contributed by atoms with Crippen molar-refractivity contribution in [1.82, 2.24) is 0 Å². The summed E-state index contributed by atoms with van der Waals surface area (Å²) in [5.74, 6) is 0.924. The molecule has 0 radical (unpaired) electrons. The van der Waals surface area contributed by atoms with Gasteiger partial charge in [0.15, 0.2) is 0 Å². The molecule has 1 fully saturated rings.